The maximum atomic E-state index is 4.85. The van der Waals surface area contributed by atoms with E-state index >= 15 is 0 Å². The zero-order valence-electron chi connectivity index (χ0n) is 24.7. The molecule has 2 heteroatoms. The van der Waals surface area contributed by atoms with Gasteiger partial charge in [-0.3, -0.25) is 4.99 Å². The Balaban J connectivity index is 1.45. The van der Waals surface area contributed by atoms with Gasteiger partial charge in [0.2, 0.25) is 0 Å². The van der Waals surface area contributed by atoms with Crippen LogP contribution in [-0.4, -0.2) is 6.72 Å². The fourth-order valence-electron chi connectivity index (χ4n) is 7.80. The average Bonchev–Trinajstić information content (AvgIpc) is 3.67. The van der Waals surface area contributed by atoms with Gasteiger partial charge in [0.15, 0.2) is 0 Å². The van der Waals surface area contributed by atoms with E-state index in [2.05, 4.69) is 142 Å². The summed E-state index contributed by atoms with van der Waals surface area (Å²) in [4.78, 5) is 7.57. The van der Waals surface area contributed by atoms with Crippen LogP contribution in [-0.2, 0) is 17.4 Å². The van der Waals surface area contributed by atoms with Crippen molar-refractivity contribution in [2.45, 2.75) is 37.6 Å². The molecule has 0 fully saturated rings. The van der Waals surface area contributed by atoms with E-state index in [1.165, 1.54) is 65.0 Å². The molecule has 0 radical (unpaired) electrons. The molecule has 0 bridgehead atoms. The lowest BCUT2D eigenvalue weighted by Gasteiger charge is -2.32. The molecule has 2 aliphatic rings. The molecule has 43 heavy (non-hydrogen) atoms. The lowest BCUT2D eigenvalue weighted by atomic mass is 9.72. The maximum Gasteiger partial charge on any atom is 0.107 e. The van der Waals surface area contributed by atoms with Crippen molar-refractivity contribution in [3.8, 4) is 22.3 Å². The summed E-state index contributed by atoms with van der Waals surface area (Å²) in [6, 6.07) is 40.4. The van der Waals surface area contributed by atoms with E-state index in [1.54, 1.807) is 0 Å². The van der Waals surface area contributed by atoms with Crippen LogP contribution in [0.4, 0.5) is 0 Å². The number of hydrogen-bond acceptors (Lipinski definition) is 2. The normalized spacial score (nSPS) is 15.0. The zero-order valence-corrected chi connectivity index (χ0v) is 25.5. The second kappa shape index (κ2) is 9.49. The van der Waals surface area contributed by atoms with Crippen molar-refractivity contribution >= 4 is 34.9 Å². The predicted molar refractivity (Wildman–Crippen MR) is 185 cm³/mol. The first-order valence-electron chi connectivity index (χ1n) is 15.2. The monoisotopic (exact) mass is 571 g/mol. The van der Waals surface area contributed by atoms with Gasteiger partial charge >= 0.3 is 0 Å². The summed E-state index contributed by atoms with van der Waals surface area (Å²) in [5.41, 5.74) is 12.2. The Morgan fingerprint density at radius 1 is 0.744 bits per heavy atom. The van der Waals surface area contributed by atoms with Gasteiger partial charge in [-0.2, -0.15) is 0 Å². The number of aliphatic imine (C=N–C) groups is 1. The summed E-state index contributed by atoms with van der Waals surface area (Å²) in [6.45, 7) is 12.9. The SMILES string of the molecule is C=Cc1sc2c(c1CCC)-c1ccc(C(C)(N=C)c3ccc4ccccc4c3)cc1C21c2ccccc2-c2ccccc21. The molecule has 5 aromatic carbocycles. The molecular weight excluding hydrogens is 539 g/mol. The van der Waals surface area contributed by atoms with Crippen LogP contribution < -0.4 is 0 Å². The summed E-state index contributed by atoms with van der Waals surface area (Å²) >= 11 is 1.93. The van der Waals surface area contributed by atoms with Gasteiger partial charge in [-0.1, -0.05) is 129 Å². The highest BCUT2D eigenvalue weighted by Gasteiger charge is 2.54. The van der Waals surface area contributed by atoms with Gasteiger partial charge in [-0.25, -0.2) is 0 Å². The molecule has 1 heterocycles. The Hall–Kier alpha value is -4.53. The van der Waals surface area contributed by atoms with Gasteiger partial charge in [0.25, 0.3) is 0 Å². The van der Waals surface area contributed by atoms with Crippen LogP contribution in [0.25, 0.3) is 39.1 Å². The van der Waals surface area contributed by atoms with Gasteiger partial charge in [0.05, 0.1) is 5.41 Å². The number of benzene rings is 5. The first-order chi connectivity index (χ1) is 21.1. The third-order valence-corrected chi connectivity index (χ3v) is 11.2. The van der Waals surface area contributed by atoms with Gasteiger partial charge < -0.3 is 0 Å². The van der Waals surface area contributed by atoms with Crippen molar-refractivity contribution in [3.63, 3.8) is 0 Å². The van der Waals surface area contributed by atoms with Crippen molar-refractivity contribution in [3.05, 3.63) is 159 Å². The number of nitrogens with zero attached hydrogens (tertiary/aromatic N) is 1. The summed E-state index contributed by atoms with van der Waals surface area (Å²) in [5, 5.41) is 2.45. The molecule has 1 nitrogen and oxygen atoms in total. The molecule has 1 atom stereocenters. The lowest BCUT2D eigenvalue weighted by molar-refractivity contribution is 0.610. The molecule has 2 aliphatic carbocycles. The van der Waals surface area contributed by atoms with Crippen LogP contribution in [0.2, 0.25) is 0 Å². The summed E-state index contributed by atoms with van der Waals surface area (Å²) in [5.74, 6) is 0. The van der Waals surface area contributed by atoms with Crippen LogP contribution in [0.5, 0.6) is 0 Å². The molecule has 1 aromatic heterocycles. The number of fused-ring (bicyclic) bond motifs is 11. The minimum Gasteiger partial charge on any atom is -0.285 e. The Labute approximate surface area is 257 Å². The Kier molecular flexibility index (Phi) is 5.77. The highest BCUT2D eigenvalue weighted by atomic mass is 32.1. The molecule has 0 N–H and O–H groups in total. The van der Waals surface area contributed by atoms with Crippen molar-refractivity contribution < 1.29 is 0 Å². The number of thiophene rings is 1. The minimum atomic E-state index is -0.605. The van der Waals surface area contributed by atoms with Crippen LogP contribution in [0.3, 0.4) is 0 Å². The van der Waals surface area contributed by atoms with Crippen LogP contribution in [0.15, 0.2) is 121 Å². The maximum absolute atomic E-state index is 4.85. The molecule has 0 amide bonds. The molecule has 0 saturated carbocycles. The minimum absolute atomic E-state index is 0.381. The fraction of sp³-hybridized carbons (Fsp3) is 0.146. The molecule has 1 spiro atoms. The van der Waals surface area contributed by atoms with Gasteiger partial charge in [0.1, 0.15) is 5.54 Å². The van der Waals surface area contributed by atoms with E-state index < -0.39 is 5.54 Å². The second-order valence-electron chi connectivity index (χ2n) is 12.0. The smallest absolute Gasteiger partial charge is 0.107 e. The molecule has 0 aliphatic heterocycles. The number of hydrogen-bond donors (Lipinski definition) is 0. The van der Waals surface area contributed by atoms with E-state index in [-0.39, 0.29) is 5.41 Å². The highest BCUT2D eigenvalue weighted by Crippen LogP contribution is 2.66. The quantitative estimate of drug-likeness (QED) is 0.176. The van der Waals surface area contributed by atoms with Crippen molar-refractivity contribution in [1.82, 2.24) is 0 Å². The average molecular weight is 572 g/mol. The summed E-state index contributed by atoms with van der Waals surface area (Å²) < 4.78 is 0. The largest absolute Gasteiger partial charge is 0.285 e. The Bertz CT molecular complexity index is 2070. The van der Waals surface area contributed by atoms with Gasteiger partial charge in [-0.15, -0.1) is 11.3 Å². The molecule has 208 valence electrons. The predicted octanol–water partition coefficient (Wildman–Crippen LogP) is 10.8. The molecule has 1 unspecified atom stereocenters. The van der Waals surface area contributed by atoms with Crippen LogP contribution in [0, 0.1) is 0 Å². The molecule has 8 rings (SSSR count). The van der Waals surface area contributed by atoms with Crippen LogP contribution in [0.1, 0.15) is 63.4 Å². The van der Waals surface area contributed by atoms with E-state index in [4.69, 9.17) is 4.99 Å². The number of rotatable bonds is 6. The summed E-state index contributed by atoms with van der Waals surface area (Å²) in [7, 11) is 0. The first-order valence-corrected chi connectivity index (χ1v) is 16.0. The van der Waals surface area contributed by atoms with E-state index in [0.717, 1.165) is 24.0 Å². The fourth-order valence-corrected chi connectivity index (χ4v) is 9.25. The van der Waals surface area contributed by atoms with E-state index in [0.29, 0.717) is 0 Å². The Morgan fingerprint density at radius 2 is 1.37 bits per heavy atom. The Morgan fingerprint density at radius 3 is 2.05 bits per heavy atom. The summed E-state index contributed by atoms with van der Waals surface area (Å²) in [6.07, 6.45) is 4.20. The van der Waals surface area contributed by atoms with Crippen molar-refractivity contribution in [1.29, 1.82) is 0 Å². The van der Waals surface area contributed by atoms with E-state index in [9.17, 15) is 0 Å². The zero-order chi connectivity index (χ0) is 29.3. The third-order valence-electron chi connectivity index (χ3n) is 9.90. The standard InChI is InChI=1S/C41H33NS/c1-5-13-33-37(6-2)43-39-38(33)32-23-22-29(40(3,42-4)28-21-20-26-14-7-8-15-27(26)24-28)25-36(32)41(39)34-18-11-9-16-30(34)31-17-10-12-19-35(31)41/h6-12,14-25H,2,4-5,13H2,1,3H3. The second-order valence-corrected chi connectivity index (χ2v) is 13.0. The van der Waals surface area contributed by atoms with E-state index in [1.807, 2.05) is 11.3 Å². The highest BCUT2D eigenvalue weighted by molar-refractivity contribution is 7.14. The van der Waals surface area contributed by atoms with Crippen LogP contribution >= 0.6 is 11.3 Å². The molecule has 6 aromatic rings. The topological polar surface area (TPSA) is 12.4 Å². The van der Waals surface area contributed by atoms with Gasteiger partial charge in [0, 0.05) is 15.3 Å². The molecule has 0 saturated heterocycles. The third kappa shape index (κ3) is 3.36. The molecular formula is C41H33NS. The lowest BCUT2D eigenvalue weighted by Crippen LogP contribution is -2.26. The van der Waals surface area contributed by atoms with Crippen molar-refractivity contribution in [2.75, 3.05) is 0 Å². The first kappa shape index (κ1) is 26.1. The van der Waals surface area contributed by atoms with Crippen molar-refractivity contribution in [2.24, 2.45) is 4.99 Å². The van der Waals surface area contributed by atoms with Gasteiger partial charge in [-0.05, 0) is 87.0 Å².